The average molecular weight is 528 g/mol. The summed E-state index contributed by atoms with van der Waals surface area (Å²) in [5.41, 5.74) is 0.526. The van der Waals surface area contributed by atoms with Crippen molar-refractivity contribution in [3.8, 4) is 17.2 Å². The molecular weight excluding hydrogens is 503 g/mol. The van der Waals surface area contributed by atoms with E-state index in [1.165, 1.54) is 26.2 Å². The summed E-state index contributed by atoms with van der Waals surface area (Å²) in [6.45, 7) is 0.724. The standard InChI is InChI=1S/C23H24F3N3O6S/c1-15-20(27-22(35-15)17-7-9-18(10-8-17)23(24,25)26)14-34-19-6-4-5-16(11-19)12-29(13-21(30)31)36(32,33)28(2)3/h4-11H,12-14H2,1-3H3,(H,30,31). The first kappa shape index (κ1) is 27.2. The molecule has 0 amide bonds. The van der Waals surface area contributed by atoms with Crippen molar-refractivity contribution in [3.63, 3.8) is 0 Å². The molecule has 3 aromatic rings. The molecule has 3 rings (SSSR count). The van der Waals surface area contributed by atoms with Crippen LogP contribution in [0.3, 0.4) is 0 Å². The summed E-state index contributed by atoms with van der Waals surface area (Å²) >= 11 is 0. The minimum Gasteiger partial charge on any atom is -0.487 e. The fourth-order valence-corrected chi connectivity index (χ4v) is 4.22. The van der Waals surface area contributed by atoms with E-state index in [4.69, 9.17) is 14.3 Å². The van der Waals surface area contributed by atoms with Crippen molar-refractivity contribution in [1.29, 1.82) is 0 Å². The van der Waals surface area contributed by atoms with E-state index >= 15 is 0 Å². The van der Waals surface area contributed by atoms with Gasteiger partial charge in [0, 0.05) is 26.2 Å². The Balaban J connectivity index is 1.72. The highest BCUT2D eigenvalue weighted by Crippen LogP contribution is 2.31. The number of aliphatic carboxylic acids is 1. The minimum absolute atomic E-state index is 0.0196. The first-order valence-electron chi connectivity index (χ1n) is 10.5. The summed E-state index contributed by atoms with van der Waals surface area (Å²) in [7, 11) is -1.36. The summed E-state index contributed by atoms with van der Waals surface area (Å²) in [4.78, 5) is 15.5. The smallest absolute Gasteiger partial charge is 0.416 e. The van der Waals surface area contributed by atoms with E-state index in [9.17, 15) is 26.4 Å². The van der Waals surface area contributed by atoms with Gasteiger partial charge in [-0.05, 0) is 48.9 Å². The first-order chi connectivity index (χ1) is 16.8. The second kappa shape index (κ2) is 10.7. The van der Waals surface area contributed by atoms with Gasteiger partial charge in [-0.25, -0.2) is 4.98 Å². The van der Waals surface area contributed by atoms with E-state index in [1.54, 1.807) is 31.2 Å². The Kier molecular flexibility index (Phi) is 8.06. The SMILES string of the molecule is Cc1oc(-c2ccc(C(F)(F)F)cc2)nc1COc1cccc(CN(CC(=O)O)S(=O)(=O)N(C)C)c1. The number of ether oxygens (including phenoxy) is 1. The number of alkyl halides is 3. The van der Waals surface area contributed by atoms with Gasteiger partial charge in [-0.2, -0.15) is 30.2 Å². The molecule has 0 atom stereocenters. The van der Waals surface area contributed by atoms with Crippen LogP contribution in [-0.2, 0) is 34.3 Å². The predicted octanol–water partition coefficient (Wildman–Crippen LogP) is 3.94. The average Bonchev–Trinajstić information content (AvgIpc) is 3.17. The maximum Gasteiger partial charge on any atom is 0.416 e. The Morgan fingerprint density at radius 1 is 1.14 bits per heavy atom. The number of carboxylic acids is 1. The van der Waals surface area contributed by atoms with Crippen LogP contribution in [0.25, 0.3) is 11.5 Å². The number of rotatable bonds is 10. The molecule has 0 radical (unpaired) electrons. The number of hydrogen-bond donors (Lipinski definition) is 1. The quantitative estimate of drug-likeness (QED) is 0.425. The van der Waals surface area contributed by atoms with Crippen molar-refractivity contribution < 1.29 is 40.6 Å². The van der Waals surface area contributed by atoms with Crippen LogP contribution in [0.4, 0.5) is 13.2 Å². The van der Waals surface area contributed by atoms with Gasteiger partial charge in [0.25, 0.3) is 10.2 Å². The Bertz CT molecular complexity index is 1320. The molecule has 0 fully saturated rings. The molecule has 2 aromatic carbocycles. The Morgan fingerprint density at radius 2 is 1.81 bits per heavy atom. The number of carboxylic acid groups (broad SMARTS) is 1. The number of aromatic nitrogens is 1. The van der Waals surface area contributed by atoms with Gasteiger partial charge in [-0.1, -0.05) is 12.1 Å². The van der Waals surface area contributed by atoms with E-state index in [1.807, 2.05) is 0 Å². The van der Waals surface area contributed by atoms with Crippen molar-refractivity contribution in [2.75, 3.05) is 20.6 Å². The molecule has 9 nitrogen and oxygen atoms in total. The van der Waals surface area contributed by atoms with E-state index in [2.05, 4.69) is 4.98 Å². The van der Waals surface area contributed by atoms with E-state index in [0.717, 1.165) is 20.7 Å². The maximum atomic E-state index is 12.8. The molecule has 0 bridgehead atoms. The number of nitrogens with zero attached hydrogens (tertiary/aromatic N) is 3. The van der Waals surface area contributed by atoms with Crippen LogP contribution in [0.1, 0.15) is 22.6 Å². The molecule has 36 heavy (non-hydrogen) atoms. The van der Waals surface area contributed by atoms with Crippen LogP contribution >= 0.6 is 0 Å². The van der Waals surface area contributed by atoms with Gasteiger partial charge in [0.05, 0.1) is 5.56 Å². The van der Waals surface area contributed by atoms with Gasteiger partial charge in [-0.15, -0.1) is 0 Å². The lowest BCUT2D eigenvalue weighted by atomic mass is 10.1. The van der Waals surface area contributed by atoms with Gasteiger partial charge in [0.1, 0.15) is 30.4 Å². The van der Waals surface area contributed by atoms with Crippen LogP contribution < -0.4 is 4.74 Å². The Hall–Kier alpha value is -3.42. The molecule has 0 saturated heterocycles. The lowest BCUT2D eigenvalue weighted by Gasteiger charge is -2.24. The third-order valence-electron chi connectivity index (χ3n) is 5.08. The highest BCUT2D eigenvalue weighted by Gasteiger charge is 2.30. The number of carbonyl (C=O) groups is 1. The van der Waals surface area contributed by atoms with Crippen molar-refractivity contribution >= 4 is 16.2 Å². The number of halogens is 3. The zero-order chi connectivity index (χ0) is 26.7. The second-order valence-corrected chi connectivity index (χ2v) is 10.1. The van der Waals surface area contributed by atoms with Crippen molar-refractivity contribution in [3.05, 3.63) is 71.1 Å². The zero-order valence-corrected chi connectivity index (χ0v) is 20.4. The lowest BCUT2D eigenvalue weighted by Crippen LogP contribution is -2.42. The van der Waals surface area contributed by atoms with E-state index < -0.39 is 34.5 Å². The summed E-state index contributed by atoms with van der Waals surface area (Å²) in [6.07, 6.45) is -4.44. The molecule has 0 aliphatic heterocycles. The topological polar surface area (TPSA) is 113 Å². The van der Waals surface area contributed by atoms with Crippen molar-refractivity contribution in [2.45, 2.75) is 26.3 Å². The minimum atomic E-state index is -4.44. The van der Waals surface area contributed by atoms with Crippen LogP contribution in [-0.4, -0.2) is 53.7 Å². The molecule has 1 heterocycles. The highest BCUT2D eigenvalue weighted by molar-refractivity contribution is 7.86. The van der Waals surface area contributed by atoms with Crippen LogP contribution in [0, 0.1) is 6.92 Å². The maximum absolute atomic E-state index is 12.8. The molecule has 0 spiro atoms. The molecule has 0 unspecified atom stereocenters. The third kappa shape index (κ3) is 6.62. The summed E-state index contributed by atoms with van der Waals surface area (Å²) < 4.78 is 76.4. The number of oxazole rings is 1. The molecule has 1 N–H and O–H groups in total. The second-order valence-electron chi connectivity index (χ2n) is 7.99. The monoisotopic (exact) mass is 527 g/mol. The number of benzene rings is 2. The Morgan fingerprint density at radius 3 is 2.39 bits per heavy atom. The first-order valence-corrected chi connectivity index (χ1v) is 11.9. The highest BCUT2D eigenvalue weighted by atomic mass is 32.2. The normalized spacial score (nSPS) is 12.3. The molecule has 194 valence electrons. The van der Waals surface area contributed by atoms with Gasteiger partial charge in [0.2, 0.25) is 5.89 Å². The third-order valence-corrected chi connectivity index (χ3v) is 6.92. The van der Waals surface area contributed by atoms with Crippen LogP contribution in [0.5, 0.6) is 5.75 Å². The largest absolute Gasteiger partial charge is 0.487 e. The van der Waals surface area contributed by atoms with E-state index in [-0.39, 0.29) is 19.0 Å². The van der Waals surface area contributed by atoms with E-state index in [0.29, 0.717) is 28.3 Å². The van der Waals surface area contributed by atoms with Crippen molar-refractivity contribution in [1.82, 2.24) is 13.6 Å². The molecule has 1 aromatic heterocycles. The fourth-order valence-electron chi connectivity index (χ4n) is 3.18. The summed E-state index contributed by atoms with van der Waals surface area (Å²) in [5, 5.41) is 9.12. The number of aryl methyl sites for hydroxylation is 1. The van der Waals surface area contributed by atoms with Gasteiger partial charge in [-0.3, -0.25) is 4.79 Å². The van der Waals surface area contributed by atoms with Crippen molar-refractivity contribution in [2.24, 2.45) is 0 Å². The molecule has 13 heteroatoms. The lowest BCUT2D eigenvalue weighted by molar-refractivity contribution is -0.138. The summed E-state index contributed by atoms with van der Waals surface area (Å²) in [6, 6.07) is 10.9. The van der Waals surface area contributed by atoms with Gasteiger partial charge >= 0.3 is 12.1 Å². The zero-order valence-electron chi connectivity index (χ0n) is 19.6. The molecule has 0 aliphatic carbocycles. The molecular formula is C23H24F3N3O6S. The predicted molar refractivity (Wildman–Crippen MR) is 123 cm³/mol. The van der Waals surface area contributed by atoms with Gasteiger partial charge in [0.15, 0.2) is 0 Å². The Labute approximate surface area is 205 Å². The van der Waals surface area contributed by atoms with Crippen LogP contribution in [0.15, 0.2) is 52.9 Å². The van der Waals surface area contributed by atoms with Crippen LogP contribution in [0.2, 0.25) is 0 Å². The fraction of sp³-hybridized carbons (Fsp3) is 0.304. The summed E-state index contributed by atoms with van der Waals surface area (Å²) in [5.74, 6) is -0.348. The number of hydrogen-bond acceptors (Lipinski definition) is 6. The molecule has 0 aliphatic rings. The molecule has 0 saturated carbocycles. The van der Waals surface area contributed by atoms with Gasteiger partial charge < -0.3 is 14.3 Å².